The van der Waals surface area contributed by atoms with Crippen LogP contribution in [0.25, 0.3) is 11.4 Å². The number of pyridine rings is 1. The summed E-state index contributed by atoms with van der Waals surface area (Å²) in [5, 5.41) is 8.90. The summed E-state index contributed by atoms with van der Waals surface area (Å²) in [6.45, 7) is 2.72. The molecular weight excluding hydrogens is 250 g/mol. The third kappa shape index (κ3) is 2.67. The van der Waals surface area contributed by atoms with Crippen molar-refractivity contribution in [2.24, 2.45) is 5.73 Å². The summed E-state index contributed by atoms with van der Waals surface area (Å²) in [5.74, 6) is 0.580. The number of amides is 1. The fourth-order valence-electron chi connectivity index (χ4n) is 1.52. The molecule has 94 valence electrons. The maximum absolute atomic E-state index is 10.8. The van der Waals surface area contributed by atoms with Gasteiger partial charge >= 0.3 is 0 Å². The lowest BCUT2D eigenvalue weighted by atomic mass is 10.3. The van der Waals surface area contributed by atoms with Crippen molar-refractivity contribution in [1.29, 1.82) is 0 Å². The number of nitrogens with two attached hydrogens (primary N) is 1. The van der Waals surface area contributed by atoms with Crippen molar-refractivity contribution in [1.82, 2.24) is 19.7 Å². The fourth-order valence-corrected chi connectivity index (χ4v) is 2.27. The van der Waals surface area contributed by atoms with Gasteiger partial charge in [0.2, 0.25) is 5.91 Å². The van der Waals surface area contributed by atoms with Gasteiger partial charge in [-0.3, -0.25) is 9.78 Å². The highest BCUT2D eigenvalue weighted by Gasteiger charge is 2.13. The van der Waals surface area contributed by atoms with E-state index in [1.54, 1.807) is 12.4 Å². The minimum absolute atomic E-state index is 0.200. The lowest BCUT2D eigenvalue weighted by Crippen LogP contribution is -2.13. The predicted molar refractivity (Wildman–Crippen MR) is 68.8 cm³/mol. The van der Waals surface area contributed by atoms with Crippen LogP contribution in [0.1, 0.15) is 6.92 Å². The molecule has 1 amide bonds. The number of nitrogens with zero attached hydrogens (tertiary/aromatic N) is 4. The Bertz CT molecular complexity index is 540. The summed E-state index contributed by atoms with van der Waals surface area (Å²) in [4.78, 5) is 14.8. The van der Waals surface area contributed by atoms with Crippen LogP contribution in [-0.2, 0) is 11.3 Å². The third-order valence-corrected chi connectivity index (χ3v) is 3.29. The Morgan fingerprint density at radius 3 is 2.94 bits per heavy atom. The molecule has 2 heterocycles. The molecule has 0 unspecified atom stereocenters. The van der Waals surface area contributed by atoms with Crippen molar-refractivity contribution in [2.75, 3.05) is 5.75 Å². The van der Waals surface area contributed by atoms with Crippen LogP contribution in [0.15, 0.2) is 29.7 Å². The van der Waals surface area contributed by atoms with Gasteiger partial charge in [0.05, 0.1) is 5.75 Å². The molecule has 2 N–H and O–H groups in total. The van der Waals surface area contributed by atoms with Crippen LogP contribution in [-0.4, -0.2) is 31.4 Å². The molecule has 0 aliphatic heterocycles. The number of rotatable bonds is 5. The molecule has 0 aliphatic rings. The molecule has 7 heteroatoms. The van der Waals surface area contributed by atoms with E-state index in [9.17, 15) is 4.79 Å². The molecule has 0 saturated carbocycles. The van der Waals surface area contributed by atoms with Gasteiger partial charge < -0.3 is 10.3 Å². The summed E-state index contributed by atoms with van der Waals surface area (Å²) in [6.07, 6.45) is 3.44. The molecule has 0 spiro atoms. The van der Waals surface area contributed by atoms with Crippen molar-refractivity contribution in [3.63, 3.8) is 0 Å². The van der Waals surface area contributed by atoms with E-state index in [-0.39, 0.29) is 11.7 Å². The first-order chi connectivity index (χ1) is 8.72. The first-order valence-electron chi connectivity index (χ1n) is 5.47. The summed E-state index contributed by atoms with van der Waals surface area (Å²) in [7, 11) is 0. The lowest BCUT2D eigenvalue weighted by molar-refractivity contribution is -0.115. The second-order valence-corrected chi connectivity index (χ2v) is 4.49. The van der Waals surface area contributed by atoms with Crippen LogP contribution >= 0.6 is 11.8 Å². The molecule has 0 aliphatic carbocycles. The Kier molecular flexibility index (Phi) is 3.93. The van der Waals surface area contributed by atoms with E-state index in [2.05, 4.69) is 15.2 Å². The monoisotopic (exact) mass is 263 g/mol. The second-order valence-electron chi connectivity index (χ2n) is 3.55. The molecule has 2 aromatic rings. The van der Waals surface area contributed by atoms with Gasteiger partial charge in [-0.2, -0.15) is 0 Å². The Morgan fingerprint density at radius 2 is 2.33 bits per heavy atom. The topological polar surface area (TPSA) is 86.7 Å². The number of aromatic nitrogens is 4. The highest BCUT2D eigenvalue weighted by molar-refractivity contribution is 7.99. The van der Waals surface area contributed by atoms with Crippen molar-refractivity contribution in [2.45, 2.75) is 18.6 Å². The quantitative estimate of drug-likeness (QED) is 0.811. The van der Waals surface area contributed by atoms with Crippen LogP contribution in [0.3, 0.4) is 0 Å². The summed E-state index contributed by atoms with van der Waals surface area (Å²) < 4.78 is 1.94. The molecule has 6 nitrogen and oxygen atoms in total. The van der Waals surface area contributed by atoms with Crippen molar-refractivity contribution in [3.8, 4) is 11.4 Å². The van der Waals surface area contributed by atoms with Crippen LogP contribution in [0, 0.1) is 0 Å². The lowest BCUT2D eigenvalue weighted by Gasteiger charge is -2.05. The minimum Gasteiger partial charge on any atom is -0.369 e. The summed E-state index contributed by atoms with van der Waals surface area (Å²) >= 11 is 1.29. The third-order valence-electron chi connectivity index (χ3n) is 2.30. The van der Waals surface area contributed by atoms with Crippen molar-refractivity contribution < 1.29 is 4.79 Å². The molecule has 0 radical (unpaired) electrons. The zero-order chi connectivity index (χ0) is 13.0. The van der Waals surface area contributed by atoms with Crippen molar-refractivity contribution >= 4 is 17.7 Å². The van der Waals surface area contributed by atoms with E-state index in [1.165, 1.54) is 11.8 Å². The normalized spacial score (nSPS) is 10.5. The number of carbonyl (C=O) groups excluding carboxylic acids is 1. The number of primary amides is 1. The van der Waals surface area contributed by atoms with Gasteiger partial charge in [-0.1, -0.05) is 11.8 Å². The van der Waals surface area contributed by atoms with Crippen LogP contribution < -0.4 is 5.73 Å². The number of thioether (sulfide) groups is 1. The van der Waals surface area contributed by atoms with Crippen molar-refractivity contribution in [3.05, 3.63) is 24.5 Å². The Hall–Kier alpha value is -1.89. The zero-order valence-corrected chi connectivity index (χ0v) is 10.7. The van der Waals surface area contributed by atoms with Crippen LogP contribution in [0.4, 0.5) is 0 Å². The second kappa shape index (κ2) is 5.63. The number of hydrogen-bond donors (Lipinski definition) is 1. The zero-order valence-electron chi connectivity index (χ0n) is 9.91. The molecular formula is C11H13N5OS. The molecule has 0 fully saturated rings. The molecule has 0 saturated heterocycles. The van der Waals surface area contributed by atoms with E-state index in [0.29, 0.717) is 5.16 Å². The van der Waals surface area contributed by atoms with E-state index >= 15 is 0 Å². The molecule has 2 aromatic heterocycles. The maximum atomic E-state index is 10.8. The average Bonchev–Trinajstić information content (AvgIpc) is 2.80. The van der Waals surface area contributed by atoms with Gasteiger partial charge in [-0.05, 0) is 19.1 Å². The summed E-state index contributed by atoms with van der Waals surface area (Å²) in [5.41, 5.74) is 6.02. The first-order valence-corrected chi connectivity index (χ1v) is 6.45. The van der Waals surface area contributed by atoms with Gasteiger partial charge in [0.15, 0.2) is 11.0 Å². The van der Waals surface area contributed by atoms with Gasteiger partial charge in [0, 0.05) is 24.5 Å². The molecule has 0 aromatic carbocycles. The molecule has 18 heavy (non-hydrogen) atoms. The maximum Gasteiger partial charge on any atom is 0.227 e. The van der Waals surface area contributed by atoms with E-state index in [4.69, 9.17) is 5.73 Å². The Balaban J connectivity index is 2.30. The summed E-state index contributed by atoms with van der Waals surface area (Å²) in [6, 6.07) is 3.77. The predicted octanol–water partition coefficient (Wildman–Crippen LogP) is 0.937. The van der Waals surface area contributed by atoms with E-state index in [1.807, 2.05) is 23.6 Å². The Morgan fingerprint density at radius 1 is 1.50 bits per heavy atom. The number of carbonyl (C=O) groups is 1. The SMILES string of the molecule is CCn1c(SCC(N)=O)nnc1-c1cccnc1. The van der Waals surface area contributed by atoms with Crippen LogP contribution in [0.2, 0.25) is 0 Å². The van der Waals surface area contributed by atoms with E-state index < -0.39 is 0 Å². The smallest absolute Gasteiger partial charge is 0.227 e. The average molecular weight is 263 g/mol. The number of hydrogen-bond acceptors (Lipinski definition) is 5. The Labute approximate surface area is 109 Å². The molecule has 2 rings (SSSR count). The molecule has 0 bridgehead atoms. The highest BCUT2D eigenvalue weighted by Crippen LogP contribution is 2.22. The van der Waals surface area contributed by atoms with E-state index in [0.717, 1.165) is 17.9 Å². The minimum atomic E-state index is -0.367. The molecule has 0 atom stereocenters. The fraction of sp³-hybridized carbons (Fsp3) is 0.273. The van der Waals surface area contributed by atoms with Gasteiger partial charge in [0.1, 0.15) is 0 Å². The standard InChI is InChI=1S/C11H13N5OS/c1-2-16-10(8-4-3-5-13-6-8)14-15-11(16)18-7-9(12)17/h3-6H,2,7H2,1H3,(H2,12,17). The first kappa shape index (κ1) is 12.6. The van der Waals surface area contributed by atoms with Gasteiger partial charge in [-0.25, -0.2) is 0 Å². The van der Waals surface area contributed by atoms with Gasteiger partial charge in [-0.15, -0.1) is 10.2 Å². The largest absolute Gasteiger partial charge is 0.369 e. The van der Waals surface area contributed by atoms with Gasteiger partial charge in [0.25, 0.3) is 0 Å². The highest BCUT2D eigenvalue weighted by atomic mass is 32.2. The van der Waals surface area contributed by atoms with Crippen LogP contribution in [0.5, 0.6) is 0 Å².